The third kappa shape index (κ3) is 2.92. The Morgan fingerprint density at radius 2 is 1.74 bits per heavy atom. The summed E-state index contributed by atoms with van der Waals surface area (Å²) in [6, 6.07) is 5.13. The van der Waals surface area contributed by atoms with Crippen LogP contribution in [-0.4, -0.2) is 46.2 Å². The van der Waals surface area contributed by atoms with Gasteiger partial charge < -0.3 is 14.2 Å². The lowest BCUT2D eigenvalue weighted by Gasteiger charge is -2.34. The summed E-state index contributed by atoms with van der Waals surface area (Å²) in [5, 5.41) is 11.1. The number of amides is 2. The third-order valence-corrected chi connectivity index (χ3v) is 5.69. The second-order valence-electron chi connectivity index (χ2n) is 7.77. The molecule has 0 spiro atoms. The molecule has 3 aliphatic heterocycles. The number of carbonyl (C=O) groups excluding carboxylic acids is 4. The van der Waals surface area contributed by atoms with E-state index in [0.29, 0.717) is 0 Å². The van der Waals surface area contributed by atoms with E-state index in [-0.39, 0.29) is 11.4 Å². The van der Waals surface area contributed by atoms with E-state index in [1.807, 2.05) is 0 Å². The van der Waals surface area contributed by atoms with Gasteiger partial charge >= 0.3 is 11.9 Å². The highest BCUT2D eigenvalue weighted by Gasteiger charge is 2.76. The van der Waals surface area contributed by atoms with Crippen molar-refractivity contribution in [2.75, 3.05) is 4.90 Å². The molecule has 11 heteroatoms. The molecule has 3 aliphatic rings. The molecule has 11 nitrogen and oxygen atoms in total. The van der Waals surface area contributed by atoms with Crippen molar-refractivity contribution in [1.82, 2.24) is 0 Å². The van der Waals surface area contributed by atoms with Gasteiger partial charge in [-0.2, -0.15) is 0 Å². The fraction of sp³-hybridized carbons (Fsp3) is 0.400. The first kappa shape index (κ1) is 20.7. The molecule has 0 aliphatic carbocycles. The molecule has 2 amide bonds. The van der Waals surface area contributed by atoms with E-state index in [0.717, 1.165) is 24.8 Å². The maximum absolute atomic E-state index is 13.4. The molecule has 4 atom stereocenters. The summed E-state index contributed by atoms with van der Waals surface area (Å²) in [5.41, 5.74) is -3.19. The van der Waals surface area contributed by atoms with E-state index >= 15 is 0 Å². The second-order valence-corrected chi connectivity index (χ2v) is 7.77. The maximum atomic E-state index is 13.4. The van der Waals surface area contributed by atoms with Crippen LogP contribution in [0.2, 0.25) is 0 Å². The van der Waals surface area contributed by atoms with Crippen LogP contribution in [0, 0.1) is 22.0 Å². The first-order valence-corrected chi connectivity index (χ1v) is 9.37. The minimum Gasteiger partial charge on any atom is -0.422 e. The van der Waals surface area contributed by atoms with E-state index in [1.54, 1.807) is 13.0 Å². The Balaban J connectivity index is 1.79. The minimum atomic E-state index is -1.71. The van der Waals surface area contributed by atoms with E-state index in [9.17, 15) is 29.3 Å². The third-order valence-electron chi connectivity index (χ3n) is 5.69. The summed E-state index contributed by atoms with van der Waals surface area (Å²) in [5.74, 6) is -5.04. The number of imide groups is 1. The minimum absolute atomic E-state index is 0.0354. The monoisotopic (exact) mass is 430 g/mol. The van der Waals surface area contributed by atoms with Gasteiger partial charge in [-0.3, -0.25) is 29.3 Å². The number of rotatable bonds is 5. The van der Waals surface area contributed by atoms with Gasteiger partial charge in [-0.15, -0.1) is 0 Å². The number of hydrogen-bond donors (Lipinski definition) is 0. The van der Waals surface area contributed by atoms with Crippen LogP contribution in [0.1, 0.15) is 20.8 Å². The van der Waals surface area contributed by atoms with Gasteiger partial charge in [0.25, 0.3) is 12.0 Å². The Morgan fingerprint density at radius 3 is 2.32 bits per heavy atom. The topological polar surface area (TPSA) is 142 Å². The van der Waals surface area contributed by atoms with Gasteiger partial charge in [0, 0.05) is 26.0 Å². The zero-order chi connectivity index (χ0) is 22.7. The number of nitro groups is 1. The van der Waals surface area contributed by atoms with E-state index in [4.69, 9.17) is 14.2 Å². The van der Waals surface area contributed by atoms with Gasteiger partial charge in [-0.1, -0.05) is 12.1 Å². The number of hydrogen-bond acceptors (Lipinski definition) is 9. The zero-order valence-electron chi connectivity index (χ0n) is 16.8. The summed E-state index contributed by atoms with van der Waals surface area (Å²) in [6.45, 7) is 3.81. The average Bonchev–Trinajstić information content (AvgIpc) is 3.26. The highest BCUT2D eigenvalue weighted by molar-refractivity contribution is 6.23. The Labute approximate surface area is 175 Å². The first-order valence-electron chi connectivity index (χ1n) is 9.37. The summed E-state index contributed by atoms with van der Waals surface area (Å²) >= 11 is 0. The van der Waals surface area contributed by atoms with Gasteiger partial charge in [-0.25, -0.2) is 4.90 Å². The number of esters is 2. The van der Waals surface area contributed by atoms with Crippen molar-refractivity contribution in [3.05, 3.63) is 46.5 Å². The average molecular weight is 430 g/mol. The standard InChI is InChI=1S/C20H18N2O9/c1-10(23)29-18(30-11(2)24)20-8-7-19(3,31-20)14-15(20)17(26)21(16(14)25)12-5-4-6-13(9-12)22(27)28/h4-9,14-15,18H,1-3H3/t14-,15+,19-,20-/m0/s1. The highest BCUT2D eigenvalue weighted by Crippen LogP contribution is 2.59. The Morgan fingerprint density at radius 1 is 1.13 bits per heavy atom. The second kappa shape index (κ2) is 6.71. The normalized spacial score (nSPS) is 30.6. The molecule has 0 radical (unpaired) electrons. The smallest absolute Gasteiger partial charge is 0.305 e. The van der Waals surface area contributed by atoms with Gasteiger partial charge in [0.05, 0.1) is 28.0 Å². The molecule has 1 aromatic carbocycles. The molecule has 0 aromatic heterocycles. The number of benzene rings is 1. The lowest BCUT2D eigenvalue weighted by atomic mass is 9.72. The largest absolute Gasteiger partial charge is 0.422 e. The van der Waals surface area contributed by atoms with Crippen molar-refractivity contribution in [2.45, 2.75) is 38.3 Å². The molecule has 2 saturated heterocycles. The van der Waals surface area contributed by atoms with Crippen molar-refractivity contribution >= 4 is 35.1 Å². The quantitative estimate of drug-likeness (QED) is 0.168. The SMILES string of the molecule is CC(=O)OC(OC(C)=O)[C@@]12C=C[C@](C)(O1)[C@@H]1C(=O)N(c3cccc([N+](=O)[O-])c3)C(=O)[C@@H]12. The Kier molecular flexibility index (Phi) is 4.47. The van der Waals surface area contributed by atoms with Gasteiger partial charge in [0.15, 0.2) is 5.60 Å². The molecule has 0 saturated carbocycles. The predicted octanol–water partition coefficient (Wildman–Crippen LogP) is 1.25. The molecule has 3 heterocycles. The van der Waals surface area contributed by atoms with E-state index < -0.39 is 58.0 Å². The molecule has 0 unspecified atom stereocenters. The van der Waals surface area contributed by atoms with E-state index in [1.165, 1.54) is 24.3 Å². The molecule has 2 fully saturated rings. The highest BCUT2D eigenvalue weighted by atomic mass is 16.7. The predicted molar refractivity (Wildman–Crippen MR) is 101 cm³/mol. The number of ether oxygens (including phenoxy) is 3. The van der Waals surface area contributed by atoms with Crippen molar-refractivity contribution in [1.29, 1.82) is 0 Å². The number of fused-ring (bicyclic) bond motifs is 5. The summed E-state index contributed by atoms with van der Waals surface area (Å²) in [6.07, 6.45) is 1.43. The number of nitro benzene ring substituents is 1. The van der Waals surface area contributed by atoms with Crippen molar-refractivity contribution in [2.24, 2.45) is 11.8 Å². The summed E-state index contributed by atoms with van der Waals surface area (Å²) < 4.78 is 16.4. The number of anilines is 1. The van der Waals surface area contributed by atoms with Crippen LogP contribution in [0.25, 0.3) is 0 Å². The number of carbonyl (C=O) groups is 4. The van der Waals surface area contributed by atoms with Crippen LogP contribution in [0.5, 0.6) is 0 Å². The van der Waals surface area contributed by atoms with Crippen molar-refractivity contribution < 1.29 is 38.3 Å². The molecular formula is C20H18N2O9. The number of nitrogens with zero attached hydrogens (tertiary/aromatic N) is 2. The molecule has 1 aromatic rings. The molecule has 162 valence electrons. The molecule has 2 bridgehead atoms. The van der Waals surface area contributed by atoms with Gasteiger partial charge in [-0.05, 0) is 19.1 Å². The van der Waals surface area contributed by atoms with Crippen LogP contribution in [-0.2, 0) is 33.4 Å². The van der Waals surface area contributed by atoms with Crippen molar-refractivity contribution in [3.8, 4) is 0 Å². The zero-order valence-corrected chi connectivity index (χ0v) is 16.8. The van der Waals surface area contributed by atoms with Gasteiger partial charge in [0.2, 0.25) is 11.8 Å². The van der Waals surface area contributed by atoms with Crippen LogP contribution >= 0.6 is 0 Å². The molecule has 0 N–H and O–H groups in total. The van der Waals surface area contributed by atoms with Crippen molar-refractivity contribution in [3.63, 3.8) is 0 Å². The van der Waals surface area contributed by atoms with Gasteiger partial charge in [0.1, 0.15) is 0 Å². The molecule has 31 heavy (non-hydrogen) atoms. The lowest BCUT2D eigenvalue weighted by molar-refractivity contribution is -0.384. The van der Waals surface area contributed by atoms with E-state index in [2.05, 4.69) is 0 Å². The first-order chi connectivity index (χ1) is 14.5. The Bertz CT molecular complexity index is 1050. The summed E-state index contributed by atoms with van der Waals surface area (Å²) in [7, 11) is 0. The summed E-state index contributed by atoms with van der Waals surface area (Å²) in [4.78, 5) is 61.4. The van der Waals surface area contributed by atoms with Crippen LogP contribution < -0.4 is 4.90 Å². The fourth-order valence-corrected chi connectivity index (χ4v) is 4.56. The fourth-order valence-electron chi connectivity index (χ4n) is 4.56. The molecule has 4 rings (SSSR count). The Hall–Kier alpha value is -3.60. The van der Waals surface area contributed by atoms with Crippen LogP contribution in [0.4, 0.5) is 11.4 Å². The number of non-ortho nitro benzene ring substituents is 1. The van der Waals surface area contributed by atoms with Crippen LogP contribution in [0.15, 0.2) is 36.4 Å². The maximum Gasteiger partial charge on any atom is 0.305 e. The molecular weight excluding hydrogens is 412 g/mol. The lowest BCUT2D eigenvalue weighted by Crippen LogP contribution is -2.52. The van der Waals surface area contributed by atoms with Crippen LogP contribution in [0.3, 0.4) is 0 Å².